The van der Waals surface area contributed by atoms with Gasteiger partial charge in [-0.25, -0.2) is 13.2 Å². The van der Waals surface area contributed by atoms with Gasteiger partial charge in [-0.1, -0.05) is 23.8 Å². The Morgan fingerprint density at radius 1 is 1.04 bits per heavy atom. The van der Waals surface area contributed by atoms with E-state index in [9.17, 15) is 13.2 Å². The Hall–Kier alpha value is -2.18. The molecule has 3 rings (SSSR count). The van der Waals surface area contributed by atoms with E-state index in [-0.39, 0.29) is 11.5 Å². The molecule has 6 heteroatoms. The van der Waals surface area contributed by atoms with Gasteiger partial charge in [0.05, 0.1) is 10.5 Å². The summed E-state index contributed by atoms with van der Waals surface area (Å²) in [5, 5.41) is 0. The van der Waals surface area contributed by atoms with E-state index in [2.05, 4.69) is 0 Å². The molecule has 1 saturated heterocycles. The summed E-state index contributed by atoms with van der Waals surface area (Å²) in [7, 11) is -3.47. The van der Waals surface area contributed by atoms with Crippen LogP contribution in [0.2, 0.25) is 0 Å². The second-order valence-corrected chi connectivity index (χ2v) is 8.58. The number of nitrogens with zero attached hydrogens (tertiary/aromatic N) is 1. The number of benzene rings is 2. The van der Waals surface area contributed by atoms with Crippen molar-refractivity contribution in [3.63, 3.8) is 0 Å². The van der Waals surface area contributed by atoms with Gasteiger partial charge in [-0.15, -0.1) is 0 Å². The van der Waals surface area contributed by atoms with Crippen LogP contribution in [0.25, 0.3) is 0 Å². The number of carbonyl (C=O) groups excluding carboxylic acids is 1. The normalized spacial score (nSPS) is 15.2. The minimum Gasteiger partial charge on any atom is -0.457 e. The SMILES string of the molecule is Cc1ccc(C)c(COC(=O)c2ccc(S(=O)(=O)N3CCCC3)cc2)c1. The minimum atomic E-state index is -3.47. The van der Waals surface area contributed by atoms with Crippen LogP contribution in [0.5, 0.6) is 0 Å². The van der Waals surface area contributed by atoms with Gasteiger partial charge in [0.25, 0.3) is 0 Å². The van der Waals surface area contributed by atoms with E-state index in [4.69, 9.17) is 4.74 Å². The molecular weight excluding hydrogens is 350 g/mol. The minimum absolute atomic E-state index is 0.195. The van der Waals surface area contributed by atoms with Crippen LogP contribution in [0.3, 0.4) is 0 Å². The number of carbonyl (C=O) groups is 1. The van der Waals surface area contributed by atoms with Gasteiger partial charge in [-0.05, 0) is 62.1 Å². The zero-order valence-electron chi connectivity index (χ0n) is 15.1. The number of rotatable bonds is 5. The molecule has 1 aliphatic heterocycles. The van der Waals surface area contributed by atoms with Crippen molar-refractivity contribution in [3.8, 4) is 0 Å². The van der Waals surface area contributed by atoms with Gasteiger partial charge in [0, 0.05) is 13.1 Å². The van der Waals surface area contributed by atoms with Crippen molar-refractivity contribution in [1.82, 2.24) is 4.31 Å². The summed E-state index contributed by atoms with van der Waals surface area (Å²) >= 11 is 0. The van der Waals surface area contributed by atoms with Crippen molar-refractivity contribution in [2.24, 2.45) is 0 Å². The maximum Gasteiger partial charge on any atom is 0.338 e. The fourth-order valence-corrected chi connectivity index (χ4v) is 4.54. The fourth-order valence-electron chi connectivity index (χ4n) is 3.02. The summed E-state index contributed by atoms with van der Waals surface area (Å²) in [6, 6.07) is 12.0. The van der Waals surface area contributed by atoms with Gasteiger partial charge in [-0.2, -0.15) is 4.31 Å². The van der Waals surface area contributed by atoms with Crippen LogP contribution in [0.1, 0.15) is 39.9 Å². The summed E-state index contributed by atoms with van der Waals surface area (Å²) in [5.41, 5.74) is 3.48. The first-order chi connectivity index (χ1) is 12.4. The Kier molecular flexibility index (Phi) is 5.44. The third-order valence-electron chi connectivity index (χ3n) is 4.66. The summed E-state index contributed by atoms with van der Waals surface area (Å²) < 4.78 is 31.9. The first kappa shape index (κ1) is 18.6. The van der Waals surface area contributed by atoms with Crippen molar-refractivity contribution in [3.05, 3.63) is 64.7 Å². The highest BCUT2D eigenvalue weighted by molar-refractivity contribution is 7.89. The number of sulfonamides is 1. The van der Waals surface area contributed by atoms with E-state index in [1.54, 1.807) is 0 Å². The average molecular weight is 373 g/mol. The molecule has 0 spiro atoms. The lowest BCUT2D eigenvalue weighted by molar-refractivity contribution is 0.0472. The Morgan fingerprint density at radius 2 is 1.69 bits per heavy atom. The summed E-state index contributed by atoms with van der Waals surface area (Å²) in [6.45, 7) is 5.27. The average Bonchev–Trinajstić information content (AvgIpc) is 3.18. The van der Waals surface area contributed by atoms with Crippen molar-refractivity contribution in [2.75, 3.05) is 13.1 Å². The number of ether oxygens (including phenoxy) is 1. The van der Waals surface area contributed by atoms with Crippen LogP contribution in [0.15, 0.2) is 47.4 Å². The van der Waals surface area contributed by atoms with Gasteiger partial charge < -0.3 is 4.74 Å². The molecule has 1 fully saturated rings. The van der Waals surface area contributed by atoms with Gasteiger partial charge in [0.2, 0.25) is 10.0 Å². The molecule has 0 aromatic heterocycles. The largest absolute Gasteiger partial charge is 0.457 e. The quantitative estimate of drug-likeness (QED) is 0.753. The third kappa shape index (κ3) is 3.97. The lowest BCUT2D eigenvalue weighted by Gasteiger charge is -2.15. The molecule has 0 aliphatic carbocycles. The zero-order chi connectivity index (χ0) is 18.7. The lowest BCUT2D eigenvalue weighted by atomic mass is 10.1. The Balaban J connectivity index is 1.68. The maximum absolute atomic E-state index is 12.5. The molecule has 2 aromatic rings. The standard InChI is InChI=1S/C20H23NO4S/c1-15-5-6-16(2)18(13-15)14-25-20(22)17-7-9-19(10-8-17)26(23,24)21-11-3-4-12-21/h5-10,13H,3-4,11-12,14H2,1-2H3. The number of hydrogen-bond acceptors (Lipinski definition) is 4. The van der Waals surface area contributed by atoms with Crippen LogP contribution in [-0.2, 0) is 21.4 Å². The molecule has 0 amide bonds. The molecule has 0 radical (unpaired) electrons. The fraction of sp³-hybridized carbons (Fsp3) is 0.350. The Bertz CT molecular complexity index is 898. The first-order valence-corrected chi connectivity index (χ1v) is 10.2. The van der Waals surface area contributed by atoms with Crippen molar-refractivity contribution < 1.29 is 17.9 Å². The highest BCUT2D eigenvalue weighted by Crippen LogP contribution is 2.21. The maximum atomic E-state index is 12.5. The van der Waals surface area contributed by atoms with E-state index >= 15 is 0 Å². The molecule has 0 unspecified atom stereocenters. The Labute approximate surface area is 154 Å². The molecule has 0 saturated carbocycles. The van der Waals surface area contributed by atoms with E-state index < -0.39 is 16.0 Å². The van der Waals surface area contributed by atoms with E-state index in [0.717, 1.165) is 29.5 Å². The monoisotopic (exact) mass is 373 g/mol. The molecule has 0 atom stereocenters. The predicted octanol–water partition coefficient (Wildman–Crippen LogP) is 3.44. The van der Waals surface area contributed by atoms with Crippen LogP contribution >= 0.6 is 0 Å². The highest BCUT2D eigenvalue weighted by atomic mass is 32.2. The highest BCUT2D eigenvalue weighted by Gasteiger charge is 2.27. The Morgan fingerprint density at radius 3 is 2.35 bits per heavy atom. The van der Waals surface area contributed by atoms with Crippen molar-refractivity contribution in [2.45, 2.75) is 38.2 Å². The third-order valence-corrected chi connectivity index (χ3v) is 6.57. The molecule has 1 heterocycles. The zero-order valence-corrected chi connectivity index (χ0v) is 15.9. The molecule has 2 aromatic carbocycles. The summed E-state index contributed by atoms with van der Waals surface area (Å²) in [5.74, 6) is -0.462. The molecule has 0 bridgehead atoms. The molecule has 138 valence electrons. The second-order valence-electron chi connectivity index (χ2n) is 6.64. The van der Waals surface area contributed by atoms with E-state index in [1.807, 2.05) is 32.0 Å². The molecular formula is C20H23NO4S. The van der Waals surface area contributed by atoms with Crippen LogP contribution in [0.4, 0.5) is 0 Å². The number of esters is 1. The first-order valence-electron chi connectivity index (χ1n) is 8.71. The van der Waals surface area contributed by atoms with E-state index in [1.165, 1.54) is 28.6 Å². The van der Waals surface area contributed by atoms with Crippen LogP contribution in [-0.4, -0.2) is 31.8 Å². The van der Waals surface area contributed by atoms with Crippen molar-refractivity contribution >= 4 is 16.0 Å². The molecule has 26 heavy (non-hydrogen) atoms. The van der Waals surface area contributed by atoms with Crippen molar-refractivity contribution in [1.29, 1.82) is 0 Å². The number of hydrogen-bond donors (Lipinski definition) is 0. The van der Waals surface area contributed by atoms with Gasteiger partial charge in [0.1, 0.15) is 6.61 Å². The molecule has 0 N–H and O–H groups in total. The van der Waals surface area contributed by atoms with E-state index in [0.29, 0.717) is 18.7 Å². The van der Waals surface area contributed by atoms with Gasteiger partial charge in [-0.3, -0.25) is 0 Å². The smallest absolute Gasteiger partial charge is 0.338 e. The number of aryl methyl sites for hydroxylation is 2. The molecule has 1 aliphatic rings. The van der Waals surface area contributed by atoms with Crippen LogP contribution in [0, 0.1) is 13.8 Å². The summed E-state index contributed by atoms with van der Waals surface area (Å²) in [4.78, 5) is 12.5. The summed E-state index contributed by atoms with van der Waals surface area (Å²) in [6.07, 6.45) is 1.78. The predicted molar refractivity (Wildman–Crippen MR) is 99.5 cm³/mol. The van der Waals surface area contributed by atoms with Crippen LogP contribution < -0.4 is 0 Å². The molecule has 5 nitrogen and oxygen atoms in total. The second kappa shape index (κ2) is 7.60. The van der Waals surface area contributed by atoms with Gasteiger partial charge in [0.15, 0.2) is 0 Å². The van der Waals surface area contributed by atoms with Gasteiger partial charge >= 0.3 is 5.97 Å². The topological polar surface area (TPSA) is 63.7 Å². The lowest BCUT2D eigenvalue weighted by Crippen LogP contribution is -2.27.